The van der Waals surface area contributed by atoms with E-state index in [1.54, 1.807) is 36.4 Å². The van der Waals surface area contributed by atoms with E-state index in [0.29, 0.717) is 0 Å². The average Bonchev–Trinajstić information content (AvgIpc) is 2.49. The predicted octanol–water partition coefficient (Wildman–Crippen LogP) is 3.46. The van der Waals surface area contributed by atoms with Gasteiger partial charge in [0.15, 0.2) is 0 Å². The zero-order valence-electron chi connectivity index (χ0n) is 12.0. The quantitative estimate of drug-likeness (QED) is 0.742. The molecule has 0 fully saturated rings. The van der Waals surface area contributed by atoms with Crippen molar-refractivity contribution in [1.29, 1.82) is 0 Å². The molecule has 0 radical (unpaired) electrons. The van der Waals surface area contributed by atoms with Crippen molar-refractivity contribution in [3.63, 3.8) is 0 Å². The van der Waals surface area contributed by atoms with Crippen molar-refractivity contribution in [2.75, 3.05) is 0 Å². The number of benzene rings is 2. The predicted molar refractivity (Wildman–Crippen MR) is 86.4 cm³/mol. The van der Waals surface area contributed by atoms with Crippen LogP contribution in [0.15, 0.2) is 47.4 Å². The molecule has 3 N–H and O–H groups in total. The highest BCUT2D eigenvalue weighted by Gasteiger charge is 2.20. The van der Waals surface area contributed by atoms with Crippen molar-refractivity contribution < 1.29 is 15.0 Å². The lowest BCUT2D eigenvalue weighted by molar-refractivity contribution is 0.256. The molecular formula is C17H17NO3S. The first kappa shape index (κ1) is 14.8. The third-order valence-corrected chi connectivity index (χ3v) is 4.60. The number of rotatable bonds is 2. The van der Waals surface area contributed by atoms with Gasteiger partial charge in [-0.1, -0.05) is 6.07 Å². The van der Waals surface area contributed by atoms with Crippen molar-refractivity contribution in [3.05, 3.63) is 53.6 Å². The summed E-state index contributed by atoms with van der Waals surface area (Å²) in [5, 5.41) is 21.7. The highest BCUT2D eigenvalue weighted by Crippen LogP contribution is 2.26. The molecule has 0 aromatic heterocycles. The smallest absolute Gasteiger partial charge is 0.284 e. The minimum absolute atomic E-state index is 0.0893. The van der Waals surface area contributed by atoms with Gasteiger partial charge in [0.2, 0.25) is 0 Å². The summed E-state index contributed by atoms with van der Waals surface area (Å²) in [6.07, 6.45) is 2.55. The van der Waals surface area contributed by atoms with Crippen LogP contribution in [0.1, 0.15) is 17.5 Å². The Kier molecular flexibility index (Phi) is 4.24. The van der Waals surface area contributed by atoms with Gasteiger partial charge in [0.1, 0.15) is 11.5 Å². The molecule has 0 bridgehead atoms. The van der Waals surface area contributed by atoms with E-state index in [4.69, 9.17) is 0 Å². The van der Waals surface area contributed by atoms with Crippen molar-refractivity contribution >= 4 is 17.0 Å². The molecule has 0 spiro atoms. The largest absolute Gasteiger partial charge is 0.508 e. The van der Waals surface area contributed by atoms with Crippen LogP contribution in [0.25, 0.3) is 0 Å². The SMILES string of the molecule is O=C(NC1CCc2ccc(O)cc2C1)Sc1ccc(O)cc1. The fourth-order valence-electron chi connectivity index (χ4n) is 2.68. The molecule has 0 saturated heterocycles. The minimum Gasteiger partial charge on any atom is -0.508 e. The van der Waals surface area contributed by atoms with Gasteiger partial charge >= 0.3 is 0 Å². The molecule has 1 aliphatic rings. The highest BCUT2D eigenvalue weighted by atomic mass is 32.2. The zero-order valence-corrected chi connectivity index (χ0v) is 12.8. The van der Waals surface area contributed by atoms with Gasteiger partial charge < -0.3 is 15.5 Å². The van der Waals surface area contributed by atoms with Crippen LogP contribution < -0.4 is 5.32 Å². The maximum atomic E-state index is 12.1. The van der Waals surface area contributed by atoms with Gasteiger partial charge in [-0.15, -0.1) is 0 Å². The monoisotopic (exact) mass is 315 g/mol. The standard InChI is InChI=1S/C17H17NO3S/c19-14-5-7-16(8-6-14)22-17(21)18-13-3-1-11-2-4-15(20)10-12(11)9-13/h2,4-8,10,13,19-20H,1,3,9H2,(H,18,21). The van der Waals surface area contributed by atoms with Crippen LogP contribution >= 0.6 is 11.8 Å². The Hall–Kier alpha value is -2.14. The van der Waals surface area contributed by atoms with Gasteiger partial charge in [-0.25, -0.2) is 0 Å². The van der Waals surface area contributed by atoms with E-state index in [-0.39, 0.29) is 22.8 Å². The number of aryl methyl sites for hydroxylation is 1. The summed E-state index contributed by atoms with van der Waals surface area (Å²) in [6.45, 7) is 0. The second kappa shape index (κ2) is 6.32. The van der Waals surface area contributed by atoms with Crippen molar-refractivity contribution in [1.82, 2.24) is 5.32 Å². The summed E-state index contributed by atoms with van der Waals surface area (Å²) >= 11 is 1.12. The molecule has 1 aliphatic carbocycles. The molecule has 2 aromatic carbocycles. The van der Waals surface area contributed by atoms with Gasteiger partial charge in [0, 0.05) is 10.9 Å². The lowest BCUT2D eigenvalue weighted by Crippen LogP contribution is -2.36. The number of carbonyl (C=O) groups is 1. The number of hydrogen-bond donors (Lipinski definition) is 3. The number of aromatic hydroxyl groups is 2. The molecule has 114 valence electrons. The topological polar surface area (TPSA) is 69.6 Å². The van der Waals surface area contributed by atoms with Gasteiger partial charge in [-0.3, -0.25) is 4.79 Å². The second-order valence-corrected chi connectivity index (χ2v) is 6.47. The molecule has 3 rings (SSSR count). The molecule has 0 heterocycles. The van der Waals surface area contributed by atoms with E-state index in [1.807, 2.05) is 6.07 Å². The van der Waals surface area contributed by atoms with Gasteiger partial charge in [0.05, 0.1) is 0 Å². The van der Waals surface area contributed by atoms with E-state index >= 15 is 0 Å². The Labute approximate surface area is 133 Å². The van der Waals surface area contributed by atoms with Crippen LogP contribution in [-0.2, 0) is 12.8 Å². The molecule has 22 heavy (non-hydrogen) atoms. The Morgan fingerprint density at radius 3 is 2.55 bits per heavy atom. The van der Waals surface area contributed by atoms with E-state index in [0.717, 1.165) is 41.5 Å². The Morgan fingerprint density at radius 2 is 1.77 bits per heavy atom. The molecule has 0 aliphatic heterocycles. The van der Waals surface area contributed by atoms with Gasteiger partial charge in [-0.05, 0) is 78.5 Å². The third kappa shape index (κ3) is 3.54. The van der Waals surface area contributed by atoms with E-state index < -0.39 is 0 Å². The van der Waals surface area contributed by atoms with Crippen LogP contribution in [0.2, 0.25) is 0 Å². The molecule has 2 aromatic rings. The lowest BCUT2D eigenvalue weighted by atomic mass is 9.88. The maximum absolute atomic E-state index is 12.1. The van der Waals surface area contributed by atoms with Crippen LogP contribution in [-0.4, -0.2) is 21.5 Å². The Bertz CT molecular complexity index is 685. The molecule has 1 amide bonds. The molecule has 1 unspecified atom stereocenters. The first-order chi connectivity index (χ1) is 10.6. The van der Waals surface area contributed by atoms with Gasteiger partial charge in [-0.2, -0.15) is 0 Å². The highest BCUT2D eigenvalue weighted by molar-refractivity contribution is 8.13. The van der Waals surface area contributed by atoms with Crippen LogP contribution in [0, 0.1) is 0 Å². The van der Waals surface area contributed by atoms with Crippen molar-refractivity contribution in [2.24, 2.45) is 0 Å². The first-order valence-corrected chi connectivity index (χ1v) is 8.00. The number of phenolic OH excluding ortho intramolecular Hbond substituents is 2. The normalized spacial score (nSPS) is 16.8. The molecule has 4 nitrogen and oxygen atoms in total. The average molecular weight is 315 g/mol. The summed E-state index contributed by atoms with van der Waals surface area (Å²) in [5.74, 6) is 0.456. The summed E-state index contributed by atoms with van der Waals surface area (Å²) < 4.78 is 0. The third-order valence-electron chi connectivity index (χ3n) is 3.79. The lowest BCUT2D eigenvalue weighted by Gasteiger charge is -2.25. The van der Waals surface area contributed by atoms with Gasteiger partial charge in [0.25, 0.3) is 5.24 Å². The van der Waals surface area contributed by atoms with E-state index in [9.17, 15) is 15.0 Å². The fraction of sp³-hybridized carbons (Fsp3) is 0.235. The van der Waals surface area contributed by atoms with Crippen LogP contribution in [0.3, 0.4) is 0 Å². The molecule has 0 saturated carbocycles. The number of fused-ring (bicyclic) bond motifs is 1. The second-order valence-electron chi connectivity index (χ2n) is 5.42. The maximum Gasteiger partial charge on any atom is 0.284 e. The number of phenols is 2. The van der Waals surface area contributed by atoms with Crippen molar-refractivity contribution in [3.8, 4) is 11.5 Å². The molecule has 1 atom stereocenters. The fourth-order valence-corrected chi connectivity index (χ4v) is 3.40. The summed E-state index contributed by atoms with van der Waals surface area (Å²) in [4.78, 5) is 12.9. The molecular weight excluding hydrogens is 298 g/mol. The number of amides is 1. The van der Waals surface area contributed by atoms with E-state index in [1.165, 1.54) is 5.56 Å². The Balaban J connectivity index is 1.59. The minimum atomic E-state index is -0.0979. The summed E-state index contributed by atoms with van der Waals surface area (Å²) in [7, 11) is 0. The Morgan fingerprint density at radius 1 is 1.05 bits per heavy atom. The summed E-state index contributed by atoms with van der Waals surface area (Å²) in [5.41, 5.74) is 2.35. The van der Waals surface area contributed by atoms with Crippen LogP contribution in [0.4, 0.5) is 4.79 Å². The van der Waals surface area contributed by atoms with Crippen molar-refractivity contribution in [2.45, 2.75) is 30.2 Å². The van der Waals surface area contributed by atoms with Crippen LogP contribution in [0.5, 0.6) is 11.5 Å². The number of thioether (sulfide) groups is 1. The number of nitrogens with one attached hydrogen (secondary N) is 1. The number of carbonyl (C=O) groups excluding carboxylic acids is 1. The van der Waals surface area contributed by atoms with E-state index in [2.05, 4.69) is 5.32 Å². The first-order valence-electron chi connectivity index (χ1n) is 7.18. The summed E-state index contributed by atoms with van der Waals surface area (Å²) in [6, 6.07) is 12.1. The zero-order chi connectivity index (χ0) is 15.5. The molecule has 5 heteroatoms. The number of hydrogen-bond acceptors (Lipinski definition) is 4.